The summed E-state index contributed by atoms with van der Waals surface area (Å²) in [6.07, 6.45) is 6.92. The lowest BCUT2D eigenvalue weighted by Gasteiger charge is -2.15. The number of nitrogens with zero attached hydrogens (tertiary/aromatic N) is 2. The molecule has 14 heavy (non-hydrogen) atoms. The average Bonchev–Trinajstić information content (AvgIpc) is 3.02. The summed E-state index contributed by atoms with van der Waals surface area (Å²) in [7, 11) is 0. The smallest absolute Gasteiger partial charge is 0.128 e. The Labute approximate surface area is 84.0 Å². The third-order valence-electron chi connectivity index (χ3n) is 3.03. The number of aromatic nitrogens is 2. The van der Waals surface area contributed by atoms with Crippen molar-refractivity contribution in [3.8, 4) is 0 Å². The van der Waals surface area contributed by atoms with E-state index in [0.717, 1.165) is 37.7 Å². The molecule has 1 N–H and O–H groups in total. The second kappa shape index (κ2) is 3.31. The van der Waals surface area contributed by atoms with Gasteiger partial charge in [0.25, 0.3) is 0 Å². The lowest BCUT2D eigenvalue weighted by Crippen LogP contribution is -2.25. The van der Waals surface area contributed by atoms with Gasteiger partial charge >= 0.3 is 0 Å². The molecule has 1 aromatic rings. The molecular weight excluding hydrogens is 174 g/mol. The average molecular weight is 189 g/mol. The monoisotopic (exact) mass is 189 g/mol. The maximum absolute atomic E-state index is 4.64. The van der Waals surface area contributed by atoms with Crippen LogP contribution in [0.3, 0.4) is 0 Å². The lowest BCUT2D eigenvalue weighted by atomic mass is 10.1. The fourth-order valence-electron chi connectivity index (χ4n) is 1.96. The molecule has 1 saturated carbocycles. The van der Waals surface area contributed by atoms with Crippen LogP contribution in [0.2, 0.25) is 0 Å². The lowest BCUT2D eigenvalue weighted by molar-refractivity contribution is 0.616. The largest absolute Gasteiger partial charge is 0.312 e. The maximum atomic E-state index is 4.64. The predicted octanol–water partition coefficient (Wildman–Crippen LogP) is 1.07. The zero-order valence-corrected chi connectivity index (χ0v) is 8.29. The Balaban J connectivity index is 1.84. The molecule has 1 aliphatic heterocycles. The molecule has 0 atom stereocenters. The second-order valence-corrected chi connectivity index (χ2v) is 4.33. The van der Waals surface area contributed by atoms with Crippen LogP contribution in [-0.2, 0) is 19.4 Å². The number of hydrogen-bond acceptors (Lipinski definition) is 3. The highest BCUT2D eigenvalue weighted by Gasteiger charge is 2.23. The Kier molecular flexibility index (Phi) is 1.98. The fraction of sp³-hybridized carbons (Fsp3) is 0.636. The fourth-order valence-corrected chi connectivity index (χ4v) is 1.96. The minimum Gasteiger partial charge on any atom is -0.312 e. The number of fused-ring (bicyclic) bond motifs is 1. The molecule has 74 valence electrons. The van der Waals surface area contributed by atoms with Crippen molar-refractivity contribution in [3.05, 3.63) is 23.3 Å². The summed E-state index contributed by atoms with van der Waals surface area (Å²) < 4.78 is 0. The molecule has 0 radical (unpaired) electrons. The van der Waals surface area contributed by atoms with Gasteiger partial charge < -0.3 is 5.32 Å². The summed E-state index contributed by atoms with van der Waals surface area (Å²) in [5.74, 6) is 1.95. The van der Waals surface area contributed by atoms with Crippen LogP contribution in [0.25, 0.3) is 0 Å². The highest BCUT2D eigenvalue weighted by atomic mass is 14.9. The standard InChI is InChI=1S/C11H15N3/c1-2-8(1)5-11-13-7-9-6-12-4-3-10(9)14-11/h7-8,12H,1-6H2. The quantitative estimate of drug-likeness (QED) is 0.756. The highest BCUT2D eigenvalue weighted by molar-refractivity contribution is 5.20. The Hall–Kier alpha value is -0.960. The Morgan fingerprint density at radius 3 is 3.21 bits per heavy atom. The van der Waals surface area contributed by atoms with E-state index in [1.54, 1.807) is 0 Å². The van der Waals surface area contributed by atoms with Gasteiger partial charge in [-0.3, -0.25) is 0 Å². The van der Waals surface area contributed by atoms with Crippen LogP contribution in [0.5, 0.6) is 0 Å². The third-order valence-corrected chi connectivity index (χ3v) is 3.03. The molecule has 2 heterocycles. The van der Waals surface area contributed by atoms with Crippen LogP contribution in [0.15, 0.2) is 6.20 Å². The van der Waals surface area contributed by atoms with Gasteiger partial charge in [-0.1, -0.05) is 0 Å². The molecule has 1 aliphatic carbocycles. The molecule has 0 unspecified atom stereocenters. The van der Waals surface area contributed by atoms with Gasteiger partial charge in [-0.15, -0.1) is 0 Å². The summed E-state index contributed by atoms with van der Waals surface area (Å²) in [6.45, 7) is 2.01. The van der Waals surface area contributed by atoms with Gasteiger partial charge in [-0.05, 0) is 18.8 Å². The summed E-state index contributed by atoms with van der Waals surface area (Å²) in [4.78, 5) is 9.06. The van der Waals surface area contributed by atoms with Crippen LogP contribution in [0, 0.1) is 5.92 Å². The molecule has 0 spiro atoms. The Bertz CT molecular complexity index is 344. The minimum atomic E-state index is 0.884. The summed E-state index contributed by atoms with van der Waals surface area (Å²) in [6, 6.07) is 0. The summed E-state index contributed by atoms with van der Waals surface area (Å²) in [5, 5.41) is 3.33. The molecular formula is C11H15N3. The zero-order chi connectivity index (χ0) is 9.38. The van der Waals surface area contributed by atoms with E-state index in [9.17, 15) is 0 Å². The first-order chi connectivity index (χ1) is 6.92. The van der Waals surface area contributed by atoms with E-state index in [4.69, 9.17) is 0 Å². The first-order valence-corrected chi connectivity index (χ1v) is 5.46. The number of nitrogens with one attached hydrogen (secondary N) is 1. The molecule has 3 heteroatoms. The van der Waals surface area contributed by atoms with Gasteiger partial charge in [0.05, 0.1) is 0 Å². The van der Waals surface area contributed by atoms with E-state index in [0.29, 0.717) is 0 Å². The van der Waals surface area contributed by atoms with E-state index < -0.39 is 0 Å². The van der Waals surface area contributed by atoms with Crippen LogP contribution < -0.4 is 5.32 Å². The van der Waals surface area contributed by atoms with Crippen molar-refractivity contribution in [1.29, 1.82) is 0 Å². The van der Waals surface area contributed by atoms with Crippen molar-refractivity contribution in [2.45, 2.75) is 32.2 Å². The van der Waals surface area contributed by atoms with Crippen molar-refractivity contribution in [3.63, 3.8) is 0 Å². The highest BCUT2D eigenvalue weighted by Crippen LogP contribution is 2.31. The van der Waals surface area contributed by atoms with Crippen molar-refractivity contribution in [2.75, 3.05) is 6.54 Å². The van der Waals surface area contributed by atoms with Crippen molar-refractivity contribution >= 4 is 0 Å². The first-order valence-electron chi connectivity index (χ1n) is 5.46. The van der Waals surface area contributed by atoms with E-state index in [-0.39, 0.29) is 0 Å². The Morgan fingerprint density at radius 1 is 1.43 bits per heavy atom. The van der Waals surface area contributed by atoms with Crippen LogP contribution in [0.4, 0.5) is 0 Å². The van der Waals surface area contributed by atoms with E-state index in [2.05, 4.69) is 15.3 Å². The molecule has 1 aromatic heterocycles. The van der Waals surface area contributed by atoms with Crippen LogP contribution >= 0.6 is 0 Å². The third kappa shape index (κ3) is 1.64. The topological polar surface area (TPSA) is 37.8 Å². The van der Waals surface area contributed by atoms with E-state index in [1.807, 2.05) is 6.20 Å². The minimum absolute atomic E-state index is 0.884. The molecule has 3 nitrogen and oxygen atoms in total. The number of hydrogen-bond donors (Lipinski definition) is 1. The predicted molar refractivity (Wildman–Crippen MR) is 53.9 cm³/mol. The van der Waals surface area contributed by atoms with Crippen molar-refractivity contribution < 1.29 is 0 Å². The van der Waals surface area contributed by atoms with Gasteiger partial charge in [-0.25, -0.2) is 9.97 Å². The first kappa shape index (κ1) is 8.36. The van der Waals surface area contributed by atoms with Gasteiger partial charge in [0.2, 0.25) is 0 Å². The zero-order valence-electron chi connectivity index (χ0n) is 8.29. The molecule has 0 amide bonds. The van der Waals surface area contributed by atoms with Crippen LogP contribution in [-0.4, -0.2) is 16.5 Å². The summed E-state index contributed by atoms with van der Waals surface area (Å²) in [5.41, 5.74) is 2.56. The van der Waals surface area contributed by atoms with Gasteiger partial charge in [0, 0.05) is 43.4 Å². The Morgan fingerprint density at radius 2 is 2.36 bits per heavy atom. The van der Waals surface area contributed by atoms with E-state index >= 15 is 0 Å². The van der Waals surface area contributed by atoms with Gasteiger partial charge in [0.15, 0.2) is 0 Å². The van der Waals surface area contributed by atoms with Crippen LogP contribution in [0.1, 0.15) is 29.9 Å². The molecule has 0 saturated heterocycles. The molecule has 0 aromatic carbocycles. The van der Waals surface area contributed by atoms with Gasteiger partial charge in [0.1, 0.15) is 5.82 Å². The molecule has 3 rings (SSSR count). The van der Waals surface area contributed by atoms with E-state index in [1.165, 1.54) is 24.1 Å². The second-order valence-electron chi connectivity index (χ2n) is 4.33. The number of rotatable bonds is 2. The molecule has 1 fully saturated rings. The van der Waals surface area contributed by atoms with Gasteiger partial charge in [-0.2, -0.15) is 0 Å². The molecule has 2 aliphatic rings. The summed E-state index contributed by atoms with van der Waals surface area (Å²) >= 11 is 0. The molecule has 0 bridgehead atoms. The SMILES string of the molecule is c1nc(CC2CC2)nc2c1CNCC2. The van der Waals surface area contributed by atoms with Crippen molar-refractivity contribution in [1.82, 2.24) is 15.3 Å². The normalized spacial score (nSPS) is 20.6. The van der Waals surface area contributed by atoms with Crippen molar-refractivity contribution in [2.24, 2.45) is 5.92 Å². The maximum Gasteiger partial charge on any atom is 0.128 e.